The minimum Gasteiger partial charge on any atom is -0.444 e. The number of carbonyl (C=O) groups excluding carboxylic acids is 5. The molecule has 0 radical (unpaired) electrons. The maximum Gasteiger partial charge on any atom is 0.410 e. The highest BCUT2D eigenvalue weighted by Crippen LogP contribution is 2.32. The highest BCUT2D eigenvalue weighted by molar-refractivity contribution is 6.30. The Kier molecular flexibility index (Phi) is 56.4. The van der Waals surface area contributed by atoms with Gasteiger partial charge < -0.3 is 67.7 Å². The third-order valence-electron chi connectivity index (χ3n) is 18.9. The van der Waals surface area contributed by atoms with Crippen LogP contribution in [0, 0.1) is 41.4 Å². The van der Waals surface area contributed by atoms with Gasteiger partial charge in [-0.05, 0) is 295 Å². The highest BCUT2D eigenvalue weighted by Gasteiger charge is 2.32. The van der Waals surface area contributed by atoms with E-state index in [0.29, 0.717) is 72.1 Å². The molecule has 3 aromatic rings. The first kappa shape index (κ1) is 108. The predicted molar refractivity (Wildman–Crippen MR) is 492 cm³/mol. The van der Waals surface area contributed by atoms with Crippen LogP contribution in [0.4, 0.5) is 4.79 Å². The Bertz CT molecular complexity index is 3130. The molecular weight excluding hydrogens is 1450 g/mol. The van der Waals surface area contributed by atoms with E-state index in [2.05, 4.69) is 200 Å². The summed E-state index contributed by atoms with van der Waals surface area (Å²) in [4.78, 5) is 62.2. The van der Waals surface area contributed by atoms with Crippen molar-refractivity contribution in [3.63, 3.8) is 0 Å². The number of ether oxygens (including phenoxy) is 1. The predicted octanol–water partition coefficient (Wildman–Crippen LogP) is 19.6. The summed E-state index contributed by atoms with van der Waals surface area (Å²) < 4.78 is 5.34. The first-order valence-corrected chi connectivity index (χ1v) is 43.9. The number of benzene rings is 3. The second-order valence-corrected chi connectivity index (χ2v) is 36.2. The number of amides is 5. The van der Waals surface area contributed by atoms with Gasteiger partial charge in [0.25, 0.3) is 5.91 Å². The molecule has 2 atom stereocenters. The van der Waals surface area contributed by atoms with Gasteiger partial charge in [-0.25, -0.2) is 4.79 Å². The molecule has 115 heavy (non-hydrogen) atoms. The topological polar surface area (TPSA) is 221 Å². The molecule has 3 aliphatic heterocycles. The lowest BCUT2D eigenvalue weighted by molar-refractivity contribution is -0.127. The van der Waals surface area contributed by atoms with Crippen LogP contribution in [0.15, 0.2) is 141 Å². The maximum absolute atomic E-state index is 12.0. The van der Waals surface area contributed by atoms with Crippen molar-refractivity contribution in [3.8, 4) is 0 Å². The van der Waals surface area contributed by atoms with E-state index in [1.807, 2.05) is 125 Å². The number of likely N-dealkylation sites (tertiary alicyclic amines) is 2. The van der Waals surface area contributed by atoms with Crippen molar-refractivity contribution < 1.29 is 28.7 Å². The third kappa shape index (κ3) is 55.9. The fourth-order valence-corrected chi connectivity index (χ4v) is 13.1. The van der Waals surface area contributed by atoms with E-state index in [0.717, 1.165) is 85.6 Å². The zero-order chi connectivity index (χ0) is 87.5. The Morgan fingerprint density at radius 2 is 0.870 bits per heavy atom. The molecule has 0 bridgehead atoms. The van der Waals surface area contributed by atoms with Crippen molar-refractivity contribution in [2.24, 2.45) is 41.4 Å². The zero-order valence-corrected chi connectivity index (χ0v) is 77.7. The lowest BCUT2D eigenvalue weighted by atomic mass is 9.81. The lowest BCUT2D eigenvalue weighted by Gasteiger charge is -2.33. The van der Waals surface area contributed by atoms with Gasteiger partial charge in [-0.1, -0.05) is 152 Å². The van der Waals surface area contributed by atoms with Gasteiger partial charge >= 0.3 is 6.09 Å². The molecule has 5 fully saturated rings. The Labute approximate surface area is 707 Å². The smallest absolute Gasteiger partial charge is 0.410 e. The van der Waals surface area contributed by atoms with Crippen molar-refractivity contribution in [1.82, 2.24) is 63.0 Å². The van der Waals surface area contributed by atoms with Crippen LogP contribution < -0.4 is 53.2 Å². The minimum atomic E-state index is -0.496. The van der Waals surface area contributed by atoms with Crippen molar-refractivity contribution >= 4 is 47.0 Å². The summed E-state index contributed by atoms with van der Waals surface area (Å²) in [6, 6.07) is 30.0. The number of nitrogens with zero attached hydrogens (tertiary/aromatic N) is 2. The van der Waals surface area contributed by atoms with Gasteiger partial charge in [0.05, 0.1) is 12.3 Å². The number of allylic oxidation sites excluding steroid dienone is 3. The molecule has 19 heteroatoms. The summed E-state index contributed by atoms with van der Waals surface area (Å²) in [5.41, 5.74) is 8.21. The molecule has 654 valence electrons. The molecule has 10 N–H and O–H groups in total. The van der Waals surface area contributed by atoms with E-state index < -0.39 is 5.60 Å². The van der Waals surface area contributed by atoms with Crippen LogP contribution in [0.1, 0.15) is 278 Å². The Hall–Kier alpha value is -7.28. The first-order chi connectivity index (χ1) is 53.8. The molecule has 3 aromatic carbocycles. The minimum absolute atomic E-state index is 0.0308. The molecule has 2 aliphatic carbocycles. The van der Waals surface area contributed by atoms with Crippen LogP contribution in [0.3, 0.4) is 0 Å². The summed E-state index contributed by atoms with van der Waals surface area (Å²) in [7, 11) is 2.11. The van der Waals surface area contributed by atoms with E-state index in [-0.39, 0.29) is 65.7 Å². The van der Waals surface area contributed by atoms with Gasteiger partial charge in [-0.2, -0.15) is 0 Å². The molecule has 3 saturated heterocycles. The second kappa shape index (κ2) is 60.2. The van der Waals surface area contributed by atoms with Crippen molar-refractivity contribution in [2.75, 3.05) is 46.3 Å². The summed E-state index contributed by atoms with van der Waals surface area (Å²) in [6.45, 7) is 74.9. The number of carbonyl (C=O) groups is 5. The van der Waals surface area contributed by atoms with Crippen molar-refractivity contribution in [1.29, 1.82) is 0 Å². The van der Waals surface area contributed by atoms with Crippen molar-refractivity contribution in [2.45, 2.75) is 322 Å². The fraction of sp³-hybridized carbons (Fsp3) is 0.656. The van der Waals surface area contributed by atoms with Crippen LogP contribution in [-0.4, -0.2) is 146 Å². The molecule has 5 aliphatic rings. The molecule has 2 unspecified atom stereocenters. The maximum atomic E-state index is 12.0. The Morgan fingerprint density at radius 3 is 1.29 bits per heavy atom. The van der Waals surface area contributed by atoms with E-state index in [9.17, 15) is 24.0 Å². The van der Waals surface area contributed by atoms with E-state index >= 15 is 0 Å². The standard InChI is InChI=1S/C14H26N2O3.C12H23N.C11H15NO.C11H15N.C10H12ClNO.C10H20N2O.C10H20N2.C10H19N.C8H17N/c1-10(2)15-12(17)11-7-6-8-16(9-11)13(18)19-14(3,4)5;1-9(2)13-11(4)12-7-5-10(3)6-8-12;1-9(2)12-11(13)8-10-6-4-3-5-7-10;1-9(2)12-10(3)11-7-5-4-6-8-11;1-7(2)12-10(13)8-3-5-9(11)6-4-8;1-8(2)11-10(13)9-4-6-12(3)7-5-9;1-8(2)12-9(3)10-5-4-6-11-7-10;1-8(2)11-9(3)10-6-4-5-7-10;1-6(2)8(5)9-7(3)4/h10-11H,6-9H2,1-5H3,(H,15,17);9-10,12-13H,4-8H2,1-3H3;3-7,9H,8H2,1-2H3,(H,12,13);4-9,12H,3H2,1-2H3;3-7H,1-2H3,(H,12,13);8-9H,4-7H2,1-3H3,(H,11,13);8,10-12H,3-7H2,1-2H3;8,10-11H,3-7H2,1-2H3;6-7,9H,5H2,1-4H3. The van der Waals surface area contributed by atoms with E-state index in [1.54, 1.807) is 29.2 Å². The van der Waals surface area contributed by atoms with Gasteiger partial charge in [0.1, 0.15) is 5.60 Å². The summed E-state index contributed by atoms with van der Waals surface area (Å²) in [5, 5.41) is 32.3. The number of piperidine rings is 3. The fourth-order valence-electron chi connectivity index (χ4n) is 13.0. The van der Waals surface area contributed by atoms with Crippen LogP contribution in [0.2, 0.25) is 5.02 Å². The van der Waals surface area contributed by atoms with E-state index in [4.69, 9.17) is 16.3 Å². The number of halogens is 1. The van der Waals surface area contributed by atoms with Gasteiger partial charge in [-0.3, -0.25) is 19.2 Å². The van der Waals surface area contributed by atoms with Crippen LogP contribution in [-0.2, 0) is 25.5 Å². The van der Waals surface area contributed by atoms with Crippen LogP contribution in [0.5, 0.6) is 0 Å². The zero-order valence-electron chi connectivity index (χ0n) is 76.9. The van der Waals surface area contributed by atoms with Gasteiger partial charge in [0.15, 0.2) is 0 Å². The largest absolute Gasteiger partial charge is 0.444 e. The van der Waals surface area contributed by atoms with Gasteiger partial charge in [-0.15, -0.1) is 0 Å². The van der Waals surface area contributed by atoms with Crippen LogP contribution >= 0.6 is 11.6 Å². The molecular formula is C96H167ClN12O6. The molecule has 3 heterocycles. The SMILES string of the molecule is C=C(NC(C)C)C(C)C.C=C(NC(C)C)C1CCC(C)CC1.C=C(NC(C)C)C1CCCC1.C=C(NC(C)C)C1CCCNC1.C=C(NC(C)C)c1ccccc1.CC(C)NC(=O)C1CCCN(C(=O)OC(C)(C)C)C1.CC(C)NC(=O)C1CCN(C)CC1.CC(C)NC(=O)Cc1ccccc1.CC(C)NC(=O)c1ccc(Cl)cc1. The average molecular weight is 1620 g/mol. The number of hydrogen-bond donors (Lipinski definition) is 10. The Balaban J connectivity index is 0.00000128. The quantitative estimate of drug-likeness (QED) is 0.0404. The lowest BCUT2D eigenvalue weighted by Crippen LogP contribution is -2.48. The molecule has 5 amide bonds. The van der Waals surface area contributed by atoms with Gasteiger partial charge in [0, 0.05) is 125 Å². The second-order valence-electron chi connectivity index (χ2n) is 35.8. The number of nitrogens with one attached hydrogen (secondary N) is 10. The van der Waals surface area contributed by atoms with E-state index in [1.165, 1.54) is 87.8 Å². The third-order valence-corrected chi connectivity index (χ3v) is 19.2. The monoisotopic (exact) mass is 1620 g/mol. The summed E-state index contributed by atoms with van der Waals surface area (Å²) in [6.07, 6.45) is 17.3. The number of hydrogen-bond acceptors (Lipinski definition) is 13. The molecule has 0 spiro atoms. The van der Waals surface area contributed by atoms with Crippen molar-refractivity contribution in [3.05, 3.63) is 162 Å². The highest BCUT2D eigenvalue weighted by atomic mass is 35.5. The molecule has 0 aromatic heterocycles. The van der Waals surface area contributed by atoms with Crippen LogP contribution in [0.25, 0.3) is 5.70 Å². The first-order valence-electron chi connectivity index (χ1n) is 43.5. The summed E-state index contributed by atoms with van der Waals surface area (Å²) >= 11 is 5.69. The number of rotatable bonds is 24. The molecule has 18 nitrogen and oxygen atoms in total. The Morgan fingerprint density at radius 1 is 0.452 bits per heavy atom. The molecule has 2 saturated carbocycles. The van der Waals surface area contributed by atoms with Gasteiger partial charge in [0.2, 0.25) is 17.7 Å². The average Bonchev–Trinajstić information content (AvgIpc) is 1.29. The summed E-state index contributed by atoms with van der Waals surface area (Å²) in [5.74, 6) is 4.04. The molecule has 8 rings (SSSR count). The normalized spacial score (nSPS) is 17.4.